The van der Waals surface area contributed by atoms with E-state index in [1.807, 2.05) is 30.5 Å². The lowest BCUT2D eigenvalue weighted by Crippen LogP contribution is -2.40. The topological polar surface area (TPSA) is 62.1 Å². The predicted octanol–water partition coefficient (Wildman–Crippen LogP) is 4.58. The van der Waals surface area contributed by atoms with Crippen LogP contribution in [0.1, 0.15) is 34.4 Å². The zero-order chi connectivity index (χ0) is 20.1. The van der Waals surface area contributed by atoms with Crippen molar-refractivity contribution < 1.29 is 14.7 Å². The van der Waals surface area contributed by atoms with Gasteiger partial charge in [-0.3, -0.25) is 9.69 Å². The predicted molar refractivity (Wildman–Crippen MR) is 114 cm³/mol. The highest BCUT2D eigenvalue weighted by atomic mass is 35.5. The third-order valence-electron chi connectivity index (χ3n) is 5.03. The minimum absolute atomic E-state index is 0.279. The van der Waals surface area contributed by atoms with Gasteiger partial charge in [0, 0.05) is 23.7 Å². The number of hydrogen-bond donors (Lipinski definition) is 1. The zero-order valence-corrected chi connectivity index (χ0v) is 17.7. The first-order valence-corrected chi connectivity index (χ1v) is 10.7. The largest absolute Gasteiger partial charge is 0.481 e. The molecule has 0 spiro atoms. The van der Waals surface area contributed by atoms with Gasteiger partial charge in [-0.25, -0.2) is 0 Å². The highest BCUT2D eigenvalue weighted by molar-refractivity contribution is 7.12. The second-order valence-electron chi connectivity index (χ2n) is 7.14. The number of hydrogen-bond acceptors (Lipinski definition) is 5. The van der Waals surface area contributed by atoms with Crippen molar-refractivity contribution in [3.05, 3.63) is 56.2 Å². The number of carbonyl (C=O) groups is 1. The Morgan fingerprint density at radius 3 is 2.86 bits per heavy atom. The maximum absolute atomic E-state index is 11.2. The smallest absolute Gasteiger partial charge is 0.307 e. The number of aryl methyl sites for hydroxylation is 2. The average molecular weight is 421 g/mol. The summed E-state index contributed by atoms with van der Waals surface area (Å²) in [4.78, 5) is 20.1. The van der Waals surface area contributed by atoms with E-state index >= 15 is 0 Å². The molecule has 1 aliphatic heterocycles. The molecular weight excluding hydrogens is 396 g/mol. The van der Waals surface area contributed by atoms with Crippen molar-refractivity contribution >= 4 is 34.6 Å². The Bertz CT molecular complexity index is 865. The van der Waals surface area contributed by atoms with Crippen LogP contribution in [0.2, 0.25) is 5.02 Å². The van der Waals surface area contributed by atoms with E-state index in [-0.39, 0.29) is 5.92 Å². The van der Waals surface area contributed by atoms with Crippen LogP contribution in [0.3, 0.4) is 0 Å². The van der Waals surface area contributed by atoms with Gasteiger partial charge in [0.1, 0.15) is 12.3 Å². The van der Waals surface area contributed by atoms with Gasteiger partial charge in [0.2, 0.25) is 0 Å². The summed E-state index contributed by atoms with van der Waals surface area (Å²) in [5.74, 6) is -0.990. The van der Waals surface area contributed by atoms with E-state index < -0.39 is 5.97 Å². The number of carboxylic acid groups (broad SMARTS) is 1. The maximum Gasteiger partial charge on any atom is 0.307 e. The van der Waals surface area contributed by atoms with Crippen LogP contribution in [-0.4, -0.2) is 47.9 Å². The Labute approximate surface area is 174 Å². The van der Waals surface area contributed by atoms with Crippen molar-refractivity contribution in [2.75, 3.05) is 26.2 Å². The minimum atomic E-state index is -0.711. The first kappa shape index (κ1) is 20.8. The molecule has 5 nitrogen and oxygen atoms in total. The summed E-state index contributed by atoms with van der Waals surface area (Å²) < 4.78 is 0. The van der Waals surface area contributed by atoms with E-state index in [1.54, 1.807) is 11.3 Å². The molecule has 0 radical (unpaired) electrons. The number of rotatable bonds is 7. The number of benzene rings is 1. The van der Waals surface area contributed by atoms with Gasteiger partial charge >= 0.3 is 5.97 Å². The number of piperidine rings is 1. The van der Waals surface area contributed by atoms with Gasteiger partial charge in [0.05, 0.1) is 10.8 Å². The molecule has 0 amide bonds. The van der Waals surface area contributed by atoms with Crippen LogP contribution in [-0.2, 0) is 9.63 Å². The van der Waals surface area contributed by atoms with Crippen LogP contribution in [0, 0.1) is 19.8 Å². The molecule has 1 atom stereocenters. The molecule has 0 aliphatic carbocycles. The highest BCUT2D eigenvalue weighted by Crippen LogP contribution is 2.25. The summed E-state index contributed by atoms with van der Waals surface area (Å²) in [5, 5.41) is 16.4. The quantitative estimate of drug-likeness (QED) is 0.404. The zero-order valence-electron chi connectivity index (χ0n) is 16.2. The number of aliphatic carboxylic acids is 1. The molecule has 0 unspecified atom stereocenters. The fourth-order valence-electron chi connectivity index (χ4n) is 3.46. The maximum atomic E-state index is 11.2. The molecule has 150 valence electrons. The van der Waals surface area contributed by atoms with Crippen LogP contribution in [0.15, 0.2) is 34.8 Å². The van der Waals surface area contributed by atoms with E-state index in [4.69, 9.17) is 16.4 Å². The SMILES string of the molecule is Cc1cc(Cl)ccc1/C(=N/OCCN1CCC[C@@H](C(=O)O)C1)c1sccc1C. The molecular formula is C21H25ClN2O3S. The normalized spacial score (nSPS) is 18.2. The summed E-state index contributed by atoms with van der Waals surface area (Å²) in [6, 6.07) is 7.83. The van der Waals surface area contributed by atoms with E-state index in [0.29, 0.717) is 24.7 Å². The average Bonchev–Trinajstić information content (AvgIpc) is 3.08. The van der Waals surface area contributed by atoms with E-state index in [2.05, 4.69) is 23.0 Å². The molecule has 1 saturated heterocycles. The van der Waals surface area contributed by atoms with Gasteiger partial charge < -0.3 is 9.94 Å². The molecule has 0 bridgehead atoms. The van der Waals surface area contributed by atoms with Crippen LogP contribution in [0.4, 0.5) is 0 Å². The number of halogens is 1. The van der Waals surface area contributed by atoms with Gasteiger partial charge in [0.15, 0.2) is 0 Å². The molecule has 7 heteroatoms. The molecule has 0 saturated carbocycles. The second-order valence-corrected chi connectivity index (χ2v) is 8.50. The van der Waals surface area contributed by atoms with Gasteiger partial charge in [-0.1, -0.05) is 22.8 Å². The van der Waals surface area contributed by atoms with E-state index in [9.17, 15) is 9.90 Å². The van der Waals surface area contributed by atoms with Crippen molar-refractivity contribution in [3.63, 3.8) is 0 Å². The summed E-state index contributed by atoms with van der Waals surface area (Å²) >= 11 is 7.74. The Kier molecular flexibility index (Phi) is 7.10. The first-order valence-electron chi connectivity index (χ1n) is 9.42. The molecule has 28 heavy (non-hydrogen) atoms. The van der Waals surface area contributed by atoms with Crippen molar-refractivity contribution in [1.82, 2.24) is 4.90 Å². The number of likely N-dealkylation sites (tertiary alicyclic amines) is 1. The van der Waals surface area contributed by atoms with Crippen LogP contribution in [0.25, 0.3) is 0 Å². The van der Waals surface area contributed by atoms with Gasteiger partial charge in [-0.2, -0.15) is 0 Å². The number of carboxylic acids is 1. The molecule has 2 heterocycles. The number of nitrogens with zero attached hydrogens (tertiary/aromatic N) is 2. The second kappa shape index (κ2) is 9.54. The standard InChI is InChI=1S/C21H25ClN2O3S/c1-14-7-11-28-20(14)19(18-6-5-17(22)12-15(18)2)23-27-10-9-24-8-3-4-16(13-24)21(25)26/h5-7,11-12,16H,3-4,8-10,13H2,1-2H3,(H,25,26)/b23-19-/t16-/m1/s1. The van der Waals surface area contributed by atoms with Gasteiger partial charge in [0.25, 0.3) is 0 Å². The lowest BCUT2D eigenvalue weighted by atomic mass is 9.98. The third-order valence-corrected chi connectivity index (χ3v) is 6.29. The lowest BCUT2D eigenvalue weighted by Gasteiger charge is -2.29. The fourth-order valence-corrected chi connectivity index (χ4v) is 4.61. The Morgan fingerprint density at radius 2 is 2.18 bits per heavy atom. The molecule has 1 aromatic carbocycles. The van der Waals surface area contributed by atoms with E-state index in [0.717, 1.165) is 46.7 Å². The molecule has 2 aromatic rings. The Balaban J connectivity index is 1.70. The van der Waals surface area contributed by atoms with Crippen LogP contribution >= 0.6 is 22.9 Å². The fraction of sp³-hybridized carbons (Fsp3) is 0.429. The number of thiophene rings is 1. The van der Waals surface area contributed by atoms with Crippen LogP contribution < -0.4 is 0 Å². The van der Waals surface area contributed by atoms with Crippen molar-refractivity contribution in [2.24, 2.45) is 11.1 Å². The molecule has 1 N–H and O–H groups in total. The molecule has 1 aliphatic rings. The van der Waals surface area contributed by atoms with Crippen molar-refractivity contribution in [1.29, 1.82) is 0 Å². The van der Waals surface area contributed by atoms with E-state index in [1.165, 1.54) is 0 Å². The molecule has 1 fully saturated rings. The highest BCUT2D eigenvalue weighted by Gasteiger charge is 2.25. The molecule has 3 rings (SSSR count). The van der Waals surface area contributed by atoms with Crippen LogP contribution in [0.5, 0.6) is 0 Å². The summed E-state index contributed by atoms with van der Waals surface area (Å²) in [5.41, 5.74) is 4.01. The summed E-state index contributed by atoms with van der Waals surface area (Å²) in [7, 11) is 0. The Morgan fingerprint density at radius 1 is 1.36 bits per heavy atom. The summed E-state index contributed by atoms with van der Waals surface area (Å²) in [6.45, 7) is 6.65. The Hall–Kier alpha value is -1.89. The third kappa shape index (κ3) is 5.13. The minimum Gasteiger partial charge on any atom is -0.481 e. The summed E-state index contributed by atoms with van der Waals surface area (Å²) in [6.07, 6.45) is 1.66. The first-order chi connectivity index (χ1) is 13.5. The lowest BCUT2D eigenvalue weighted by molar-refractivity contribution is -0.143. The van der Waals surface area contributed by atoms with Gasteiger partial charge in [-0.15, -0.1) is 11.3 Å². The van der Waals surface area contributed by atoms with Crippen molar-refractivity contribution in [3.8, 4) is 0 Å². The van der Waals surface area contributed by atoms with Gasteiger partial charge in [-0.05, 0) is 67.9 Å². The monoisotopic (exact) mass is 420 g/mol. The number of oxime groups is 1. The molecule has 1 aromatic heterocycles. The van der Waals surface area contributed by atoms with Crippen molar-refractivity contribution in [2.45, 2.75) is 26.7 Å².